The van der Waals surface area contributed by atoms with Crippen molar-refractivity contribution >= 4 is 27.6 Å². The lowest BCUT2D eigenvalue weighted by Gasteiger charge is -2.40. The number of alkyl halides is 3. The largest absolute Gasteiger partial charge is 0.497 e. The van der Waals surface area contributed by atoms with Gasteiger partial charge in [-0.15, -0.1) is 5.10 Å². The molecule has 0 unspecified atom stereocenters. The van der Waals surface area contributed by atoms with Gasteiger partial charge in [-0.2, -0.15) is 22.8 Å². The Balaban J connectivity index is 0.000000572. The van der Waals surface area contributed by atoms with Crippen molar-refractivity contribution in [2.24, 2.45) is 0 Å². The van der Waals surface area contributed by atoms with E-state index in [4.69, 9.17) is 15.3 Å². The van der Waals surface area contributed by atoms with Gasteiger partial charge in [0.05, 0.1) is 12.8 Å². The standard InChI is InChI=1S/C16H16F5N5O2S.C2HF3O2/c1-3-11-4-5-15-24-25(16(22)26(15)23-11)9-14(27)10-6-12(28-2)8-13(7-10)29(17,18,19,20)21;3-2(4,5)1(6)7/h4-8,22H,3,9H2,1-2H3;(H,6,7). The van der Waals surface area contributed by atoms with Crippen LogP contribution in [0.15, 0.2) is 35.2 Å². The molecule has 0 saturated heterocycles. The first-order valence-corrected chi connectivity index (χ1v) is 11.4. The van der Waals surface area contributed by atoms with Crippen LogP contribution in [0.3, 0.4) is 0 Å². The second-order valence-corrected chi connectivity index (χ2v) is 9.43. The fraction of sp³-hybridized carbons (Fsp3) is 0.278. The number of rotatable bonds is 6. The number of carboxylic acids is 1. The Morgan fingerprint density at radius 2 is 1.67 bits per heavy atom. The molecule has 9 nitrogen and oxygen atoms in total. The summed E-state index contributed by atoms with van der Waals surface area (Å²) < 4.78 is 104. The monoisotopic (exact) mass is 551 g/mol. The molecular formula is C18H17F8N5O4S. The van der Waals surface area contributed by atoms with Gasteiger partial charge < -0.3 is 9.84 Å². The van der Waals surface area contributed by atoms with Crippen LogP contribution in [0.25, 0.3) is 5.65 Å². The van der Waals surface area contributed by atoms with E-state index in [0.717, 1.165) is 22.4 Å². The Morgan fingerprint density at radius 1 is 1.08 bits per heavy atom. The maximum atomic E-state index is 13.2. The van der Waals surface area contributed by atoms with Crippen LogP contribution in [0.5, 0.6) is 5.75 Å². The van der Waals surface area contributed by atoms with Gasteiger partial charge in [0.1, 0.15) is 17.2 Å². The molecule has 1 aromatic carbocycles. The van der Waals surface area contributed by atoms with E-state index in [1.807, 2.05) is 6.92 Å². The third-order valence-corrected chi connectivity index (χ3v) is 5.45. The second-order valence-electron chi connectivity index (χ2n) is 7.02. The Hall–Kier alpha value is -3.70. The van der Waals surface area contributed by atoms with Gasteiger partial charge in [-0.3, -0.25) is 10.2 Å². The van der Waals surface area contributed by atoms with Crippen molar-refractivity contribution in [3.63, 3.8) is 0 Å². The molecule has 0 aliphatic rings. The van der Waals surface area contributed by atoms with E-state index in [1.54, 1.807) is 12.1 Å². The average molecular weight is 551 g/mol. The van der Waals surface area contributed by atoms with E-state index in [9.17, 15) is 37.4 Å². The smallest absolute Gasteiger partial charge is 0.490 e. The van der Waals surface area contributed by atoms with Crippen LogP contribution in [-0.4, -0.2) is 49.5 Å². The summed E-state index contributed by atoms with van der Waals surface area (Å²) in [6.07, 6.45) is -4.49. The van der Waals surface area contributed by atoms with E-state index < -0.39 is 50.9 Å². The van der Waals surface area contributed by atoms with Crippen LogP contribution in [0.4, 0.5) is 32.6 Å². The molecule has 0 amide bonds. The Bertz CT molecular complexity index is 1380. The van der Waals surface area contributed by atoms with Gasteiger partial charge in [-0.1, -0.05) is 26.4 Å². The number of ketones is 1. The van der Waals surface area contributed by atoms with Crippen molar-refractivity contribution in [1.82, 2.24) is 19.4 Å². The number of aryl methyl sites for hydroxylation is 1. The number of hydrogen-bond donors (Lipinski definition) is 2. The molecule has 3 rings (SSSR count). The third kappa shape index (κ3) is 6.92. The van der Waals surface area contributed by atoms with Crippen molar-refractivity contribution in [3.05, 3.63) is 47.2 Å². The Morgan fingerprint density at radius 3 is 2.14 bits per heavy atom. The zero-order valence-electron chi connectivity index (χ0n) is 18.2. The van der Waals surface area contributed by atoms with Crippen LogP contribution in [0.1, 0.15) is 23.0 Å². The highest BCUT2D eigenvalue weighted by Crippen LogP contribution is 3.02. The van der Waals surface area contributed by atoms with E-state index >= 15 is 0 Å². The summed E-state index contributed by atoms with van der Waals surface area (Å²) in [5.74, 6) is -4.25. The number of benzene rings is 1. The molecule has 0 atom stereocenters. The van der Waals surface area contributed by atoms with E-state index in [1.165, 1.54) is 0 Å². The quantitative estimate of drug-likeness (QED) is 0.337. The van der Waals surface area contributed by atoms with Crippen molar-refractivity contribution in [2.75, 3.05) is 7.11 Å². The van der Waals surface area contributed by atoms with E-state index in [-0.39, 0.29) is 23.4 Å². The maximum Gasteiger partial charge on any atom is 0.490 e. The molecule has 0 fully saturated rings. The number of carbonyl (C=O) groups excluding carboxylic acids is 1. The van der Waals surface area contributed by atoms with Gasteiger partial charge in [0.2, 0.25) is 5.62 Å². The predicted octanol–water partition coefficient (Wildman–Crippen LogP) is 4.75. The highest BCUT2D eigenvalue weighted by Gasteiger charge is 2.65. The number of nitrogens with zero attached hydrogens (tertiary/aromatic N) is 4. The molecule has 0 aliphatic carbocycles. The molecule has 0 bridgehead atoms. The molecule has 36 heavy (non-hydrogen) atoms. The van der Waals surface area contributed by atoms with Crippen molar-refractivity contribution in [1.29, 1.82) is 5.41 Å². The number of aromatic nitrogens is 4. The summed E-state index contributed by atoms with van der Waals surface area (Å²) in [5.41, 5.74) is -0.0215. The summed E-state index contributed by atoms with van der Waals surface area (Å²) in [6, 6.07) is 4.39. The van der Waals surface area contributed by atoms with Crippen molar-refractivity contribution in [2.45, 2.75) is 31.0 Å². The molecule has 2 aromatic heterocycles. The van der Waals surface area contributed by atoms with Gasteiger partial charge in [0.25, 0.3) is 0 Å². The molecule has 0 spiro atoms. The zero-order chi connectivity index (χ0) is 27.8. The first-order valence-electron chi connectivity index (χ1n) is 9.43. The van der Waals surface area contributed by atoms with Gasteiger partial charge >= 0.3 is 22.4 Å². The van der Waals surface area contributed by atoms with Crippen LogP contribution >= 0.6 is 10.2 Å². The summed E-state index contributed by atoms with van der Waals surface area (Å²) >= 11 is 0. The topological polar surface area (TPSA) is 123 Å². The van der Waals surface area contributed by atoms with E-state index in [0.29, 0.717) is 12.1 Å². The van der Waals surface area contributed by atoms with Gasteiger partial charge in [0.15, 0.2) is 11.4 Å². The summed E-state index contributed by atoms with van der Waals surface area (Å²) in [7, 11) is -9.03. The van der Waals surface area contributed by atoms with Gasteiger partial charge in [0, 0.05) is 11.6 Å². The number of carboxylic acid groups (broad SMARTS) is 1. The summed E-state index contributed by atoms with van der Waals surface area (Å²) in [6.45, 7) is 1.21. The minimum absolute atomic E-state index is 0.0832. The predicted molar refractivity (Wildman–Crippen MR) is 109 cm³/mol. The Kier molecular flexibility index (Phi) is 6.94. The highest BCUT2D eigenvalue weighted by molar-refractivity contribution is 8.45. The molecule has 3 aromatic rings. The van der Waals surface area contributed by atoms with E-state index in [2.05, 4.69) is 14.9 Å². The molecule has 0 radical (unpaired) electrons. The Labute approximate surface area is 196 Å². The number of ether oxygens (including phenoxy) is 1. The van der Waals surface area contributed by atoms with Crippen LogP contribution in [-0.2, 0) is 17.8 Å². The molecule has 2 N–H and O–H groups in total. The number of fused-ring (bicyclic) bond motifs is 1. The summed E-state index contributed by atoms with van der Waals surface area (Å²) in [4.78, 5) is 19.2. The van der Waals surface area contributed by atoms with Gasteiger partial charge in [-0.05, 0) is 30.7 Å². The van der Waals surface area contributed by atoms with Crippen molar-refractivity contribution in [3.8, 4) is 5.75 Å². The second kappa shape index (κ2) is 8.75. The minimum atomic E-state index is -10.0. The number of methoxy groups -OCH3 is 1. The van der Waals surface area contributed by atoms with Crippen molar-refractivity contribution < 1.29 is 52.0 Å². The molecule has 2 heterocycles. The van der Waals surface area contributed by atoms with Crippen LogP contribution in [0, 0.1) is 5.41 Å². The molecule has 200 valence electrons. The zero-order valence-corrected chi connectivity index (χ0v) is 19.0. The number of Topliss-reactive ketones (excluding diaryl/α,β-unsaturated/α-hetero) is 1. The highest BCUT2D eigenvalue weighted by atomic mass is 32.5. The fourth-order valence-corrected chi connectivity index (χ4v) is 3.25. The fourth-order valence-electron chi connectivity index (χ4n) is 2.57. The number of nitrogens with one attached hydrogen (secondary N) is 1. The molecule has 0 saturated carbocycles. The minimum Gasteiger partial charge on any atom is -0.497 e. The first kappa shape index (κ1) is 28.5. The lowest BCUT2D eigenvalue weighted by molar-refractivity contribution is -0.192. The number of halogens is 8. The average Bonchev–Trinajstić information content (AvgIpc) is 3.06. The molecule has 18 heteroatoms. The number of aliphatic carboxylic acids is 1. The summed E-state index contributed by atoms with van der Waals surface area (Å²) in [5, 5.41) is 23.3. The lowest BCUT2D eigenvalue weighted by Crippen LogP contribution is -2.26. The SMILES string of the molecule is CCc1ccc2nn(CC(=O)c3cc(OC)cc(S(F)(F)(F)(F)F)c3)c(=N)n2n1.O=C(O)C(F)(F)F. The number of carbonyl (C=O) groups is 2. The van der Waals surface area contributed by atoms with Gasteiger partial charge in [-0.25, -0.2) is 9.48 Å². The molecule has 0 aliphatic heterocycles. The maximum absolute atomic E-state index is 13.2. The normalized spacial score (nSPS) is 13.8. The first-order chi connectivity index (χ1) is 16.2. The lowest BCUT2D eigenvalue weighted by atomic mass is 10.1. The van der Waals surface area contributed by atoms with Crippen LogP contribution < -0.4 is 10.4 Å². The molecular weight excluding hydrogens is 534 g/mol. The third-order valence-electron chi connectivity index (χ3n) is 4.32. The van der Waals surface area contributed by atoms with Crippen LogP contribution in [0.2, 0.25) is 0 Å². The number of hydrogen-bond acceptors (Lipinski definition) is 6.